The minimum absolute atomic E-state index is 0.00350. The normalized spacial score (nSPS) is 26.5. The first kappa shape index (κ1) is 44.5. The van der Waals surface area contributed by atoms with Crippen molar-refractivity contribution in [3.63, 3.8) is 0 Å². The minimum atomic E-state index is -1.23. The second-order valence-corrected chi connectivity index (χ2v) is 19.1. The van der Waals surface area contributed by atoms with Crippen LogP contribution in [0.1, 0.15) is 89.3 Å². The van der Waals surface area contributed by atoms with E-state index in [0.29, 0.717) is 56.1 Å². The van der Waals surface area contributed by atoms with Gasteiger partial charge in [0, 0.05) is 84.8 Å². The number of likely N-dealkylation sites (tertiary alicyclic amines) is 1. The van der Waals surface area contributed by atoms with Gasteiger partial charge in [0.1, 0.15) is 23.2 Å². The third-order valence-corrected chi connectivity index (χ3v) is 14.2. The molecule has 1 saturated carbocycles. The van der Waals surface area contributed by atoms with E-state index in [2.05, 4.69) is 66.3 Å². The lowest BCUT2D eigenvalue weighted by Crippen LogP contribution is -2.61. The van der Waals surface area contributed by atoms with Gasteiger partial charge in [-0.1, -0.05) is 26.8 Å². The van der Waals surface area contributed by atoms with Crippen LogP contribution in [0.5, 0.6) is 0 Å². The van der Waals surface area contributed by atoms with Crippen molar-refractivity contribution in [1.29, 1.82) is 0 Å². The zero-order valence-corrected chi connectivity index (χ0v) is 38.1. The van der Waals surface area contributed by atoms with Gasteiger partial charge in [-0.05, 0) is 82.2 Å². The van der Waals surface area contributed by atoms with Crippen LogP contribution in [0.4, 0.5) is 0 Å². The van der Waals surface area contributed by atoms with E-state index in [1.165, 1.54) is 16.3 Å². The fourth-order valence-electron chi connectivity index (χ4n) is 9.74. The van der Waals surface area contributed by atoms with E-state index < -0.39 is 53.2 Å². The fraction of sp³-hybridized carbons (Fsp3) is 0.542. The number of carbonyl (C=O) groups is 4. The molecule has 1 aliphatic carbocycles. The van der Waals surface area contributed by atoms with Gasteiger partial charge in [-0.3, -0.25) is 29.2 Å². The van der Waals surface area contributed by atoms with E-state index in [4.69, 9.17) is 30.6 Å². The van der Waals surface area contributed by atoms with Crippen molar-refractivity contribution in [2.75, 3.05) is 40.0 Å². The Hall–Kier alpha value is -5.14. The molecule has 6 bridgehead atoms. The minimum Gasteiger partial charge on any atom is -0.464 e. The third-order valence-electron chi connectivity index (χ3n) is 13.3. The van der Waals surface area contributed by atoms with Crippen LogP contribution in [0.15, 0.2) is 41.9 Å². The molecule has 0 radical (unpaired) electrons. The molecule has 1 aromatic carbocycles. The second-order valence-electron chi connectivity index (χ2n) is 18.2. The first-order chi connectivity index (χ1) is 30.3. The number of hydrogen-bond donors (Lipinski definition) is 2. The summed E-state index contributed by atoms with van der Waals surface area (Å²) in [4.78, 5) is 68.3. The number of methoxy groups -OCH3 is 1. The number of terminal acetylenes is 1. The van der Waals surface area contributed by atoms with Gasteiger partial charge in [-0.2, -0.15) is 0 Å². The maximum absolute atomic E-state index is 14.8. The van der Waals surface area contributed by atoms with Crippen LogP contribution >= 0.6 is 11.3 Å². The number of cyclic esters (lactones) is 1. The van der Waals surface area contributed by atoms with Gasteiger partial charge in [-0.25, -0.2) is 10.4 Å². The van der Waals surface area contributed by atoms with Gasteiger partial charge >= 0.3 is 5.97 Å². The molecule has 2 saturated heterocycles. The molecule has 4 aromatic rings. The summed E-state index contributed by atoms with van der Waals surface area (Å²) >= 11 is 1.36. The smallest absolute Gasteiger partial charge is 0.324 e. The molecule has 334 valence electrons. The molecule has 8 rings (SSSR count). The van der Waals surface area contributed by atoms with E-state index in [9.17, 15) is 19.2 Å². The number of benzene rings is 1. The summed E-state index contributed by atoms with van der Waals surface area (Å²) < 4.78 is 20.6. The van der Waals surface area contributed by atoms with Crippen molar-refractivity contribution in [2.24, 2.45) is 29.1 Å². The quantitative estimate of drug-likeness (QED) is 0.149. The van der Waals surface area contributed by atoms with Gasteiger partial charge < -0.3 is 29.0 Å². The largest absolute Gasteiger partial charge is 0.464 e. The van der Waals surface area contributed by atoms with Crippen molar-refractivity contribution >= 4 is 45.9 Å². The predicted molar refractivity (Wildman–Crippen MR) is 240 cm³/mol. The number of fused-ring (bicyclic) bond motifs is 6. The average molecular weight is 878 g/mol. The highest BCUT2D eigenvalue weighted by Gasteiger charge is 2.58. The van der Waals surface area contributed by atoms with Crippen LogP contribution in [-0.2, 0) is 46.4 Å². The molecular weight excluding hydrogens is 819 g/mol. The van der Waals surface area contributed by atoms with Gasteiger partial charge in [0.15, 0.2) is 0 Å². The highest BCUT2D eigenvalue weighted by Crippen LogP contribution is 2.48. The number of rotatable bonds is 9. The number of hydrazine groups is 1. The zero-order chi connectivity index (χ0) is 44.7. The van der Waals surface area contributed by atoms with Crippen molar-refractivity contribution in [2.45, 2.75) is 98.1 Å². The number of hydrogen-bond acceptors (Lipinski definition) is 11. The number of nitrogens with zero attached hydrogens (tertiary/aromatic N) is 5. The van der Waals surface area contributed by atoms with Crippen LogP contribution < -0.4 is 10.7 Å². The summed E-state index contributed by atoms with van der Waals surface area (Å²) in [7, 11) is 1.69. The van der Waals surface area contributed by atoms with Gasteiger partial charge in [0.2, 0.25) is 11.8 Å². The van der Waals surface area contributed by atoms with Crippen LogP contribution in [0.3, 0.4) is 0 Å². The first-order valence-corrected chi connectivity index (χ1v) is 23.2. The molecule has 2 N–H and O–H groups in total. The molecule has 3 amide bonds. The maximum Gasteiger partial charge on any atom is 0.324 e. The summed E-state index contributed by atoms with van der Waals surface area (Å²) in [5, 5.41) is 7.95. The Morgan fingerprint density at radius 2 is 1.97 bits per heavy atom. The summed E-state index contributed by atoms with van der Waals surface area (Å²) in [5.41, 5.74) is 9.19. The molecule has 0 spiro atoms. The van der Waals surface area contributed by atoms with E-state index >= 15 is 0 Å². The van der Waals surface area contributed by atoms with E-state index in [-0.39, 0.29) is 37.1 Å². The summed E-state index contributed by atoms with van der Waals surface area (Å²) in [5.74, 6) is -0.0288. The molecule has 0 unspecified atom stereocenters. The Morgan fingerprint density at radius 3 is 2.70 bits per heavy atom. The fourth-order valence-corrected chi connectivity index (χ4v) is 10.6. The topological polar surface area (TPSA) is 157 Å². The SMILES string of the molecule is C#C[C@H]1CCN(C(=O)[C@@H]2[C@H](C)[C@H]2C(=O)N[C@@H]2C(=O)N3CCC[C@H](N3)C(=O)OCC(C)(C)Cc3c(-c4cccnc4[C@H](C)OC)n(CC)c4ccc(cc34)-c3csc(n3)[C@H]2OCC)C1. The molecule has 8 atom stereocenters. The number of esters is 1. The molecule has 6 heterocycles. The maximum atomic E-state index is 14.8. The Labute approximate surface area is 373 Å². The Kier molecular flexibility index (Phi) is 12.8. The third kappa shape index (κ3) is 8.62. The number of amides is 3. The van der Waals surface area contributed by atoms with E-state index in [1.54, 1.807) is 18.2 Å². The molecule has 4 aliphatic rings. The van der Waals surface area contributed by atoms with Crippen molar-refractivity contribution in [3.05, 3.63) is 58.2 Å². The van der Waals surface area contributed by atoms with Gasteiger partial charge in [0.05, 0.1) is 41.6 Å². The second kappa shape index (κ2) is 18.2. The number of aryl methyl sites for hydroxylation is 1. The standard InChI is InChI=1S/C48H59N7O7S/c1-9-29-18-21-53(24-29)45(57)38-27(4)37(38)43(56)51-40-42(61-11-3)44-50-35(25-63-44)30-16-17-36-32(22-30)33(41(54(36)10-2)31-14-12-19-49-39(31)28(5)60-8)23-48(6,7)26-62-47(59)34-15-13-20-55(52-34)46(40)58/h1,12,14,16-17,19,22,25,27-29,34,37-38,40,42,52H,10-11,13,15,18,20-21,23-24,26H2,2-8H3,(H,51,56)/t27-,28+,29+,34+,37-,38-,40+,42+/m1/s1. The average Bonchev–Trinajstić information content (AvgIpc) is 3.68. The first-order valence-electron chi connectivity index (χ1n) is 22.3. The Balaban J connectivity index is 1.21. The highest BCUT2D eigenvalue weighted by molar-refractivity contribution is 7.10. The number of thiazole rings is 1. The number of aromatic nitrogens is 3. The number of nitrogens with one attached hydrogen (secondary N) is 2. The monoisotopic (exact) mass is 877 g/mol. The Morgan fingerprint density at radius 1 is 1.16 bits per heavy atom. The molecule has 3 aliphatic heterocycles. The lowest BCUT2D eigenvalue weighted by Gasteiger charge is -2.37. The number of carbonyl (C=O) groups excluding carboxylic acids is 4. The number of pyridine rings is 1. The lowest BCUT2D eigenvalue weighted by molar-refractivity contribution is -0.156. The predicted octanol–water partition coefficient (Wildman–Crippen LogP) is 6.10. The molecular formula is C48H59N7O7S. The molecule has 15 heteroatoms. The molecule has 3 aromatic heterocycles. The van der Waals surface area contributed by atoms with E-state index in [1.807, 2.05) is 32.2 Å². The van der Waals surface area contributed by atoms with Gasteiger partial charge in [-0.15, -0.1) is 23.7 Å². The molecule has 3 fully saturated rings. The zero-order valence-electron chi connectivity index (χ0n) is 37.3. The Bertz CT molecular complexity index is 2440. The summed E-state index contributed by atoms with van der Waals surface area (Å²) in [6.07, 6.45) is 8.52. The summed E-state index contributed by atoms with van der Waals surface area (Å²) in [6, 6.07) is 8.37. The molecule has 14 nitrogen and oxygen atoms in total. The van der Waals surface area contributed by atoms with Crippen LogP contribution in [0.2, 0.25) is 0 Å². The van der Waals surface area contributed by atoms with Crippen molar-refractivity contribution in [1.82, 2.24) is 35.2 Å². The molecule has 63 heavy (non-hydrogen) atoms. The van der Waals surface area contributed by atoms with Crippen LogP contribution in [0, 0.1) is 41.4 Å². The van der Waals surface area contributed by atoms with Crippen molar-refractivity contribution < 1.29 is 33.4 Å². The number of ether oxygens (including phenoxy) is 3. The van der Waals surface area contributed by atoms with Crippen molar-refractivity contribution in [3.8, 4) is 34.9 Å². The van der Waals surface area contributed by atoms with E-state index in [0.717, 1.165) is 45.4 Å². The lowest BCUT2D eigenvalue weighted by atomic mass is 9.84. The van der Waals surface area contributed by atoms with Crippen LogP contribution in [-0.4, -0.2) is 100 Å². The van der Waals surface area contributed by atoms with Gasteiger partial charge in [0.25, 0.3) is 5.91 Å². The van der Waals surface area contributed by atoms with Crippen LogP contribution in [0.25, 0.3) is 33.4 Å². The summed E-state index contributed by atoms with van der Waals surface area (Å²) in [6.45, 7) is 14.4. The highest BCUT2D eigenvalue weighted by atomic mass is 32.1.